The molecular formula is C18H25ClN2O3. The van der Waals surface area contributed by atoms with Crippen LogP contribution in [0, 0.1) is 0 Å². The fraction of sp³-hybridized carbons (Fsp3) is 0.611. The SMILES string of the molecule is O=C(O)N1CCC(N2CCCCC2C(O)c2ccc(Cl)cc2)CC1. The summed E-state index contributed by atoms with van der Waals surface area (Å²) in [4.78, 5) is 15.0. The molecule has 0 spiro atoms. The fourth-order valence-electron chi connectivity index (χ4n) is 4.04. The smallest absolute Gasteiger partial charge is 0.407 e. The third-order valence-corrected chi connectivity index (χ3v) is 5.62. The second-order valence-corrected chi connectivity index (χ2v) is 7.23. The van der Waals surface area contributed by atoms with E-state index in [9.17, 15) is 9.90 Å². The number of hydrogen-bond acceptors (Lipinski definition) is 3. The van der Waals surface area contributed by atoms with E-state index in [4.69, 9.17) is 16.7 Å². The van der Waals surface area contributed by atoms with E-state index < -0.39 is 12.2 Å². The molecule has 2 fully saturated rings. The molecule has 0 aromatic heterocycles. The summed E-state index contributed by atoms with van der Waals surface area (Å²) in [6, 6.07) is 7.88. The molecule has 2 saturated heterocycles. The van der Waals surface area contributed by atoms with Crippen LogP contribution in [0.2, 0.25) is 5.02 Å². The molecule has 6 heteroatoms. The van der Waals surface area contributed by atoms with Gasteiger partial charge < -0.3 is 15.1 Å². The summed E-state index contributed by atoms with van der Waals surface area (Å²) >= 11 is 5.95. The maximum absolute atomic E-state index is 11.1. The summed E-state index contributed by atoms with van der Waals surface area (Å²) in [5.41, 5.74) is 0.902. The first-order valence-electron chi connectivity index (χ1n) is 8.73. The van der Waals surface area contributed by atoms with Crippen LogP contribution in [0.25, 0.3) is 0 Å². The Morgan fingerprint density at radius 3 is 2.38 bits per heavy atom. The second-order valence-electron chi connectivity index (χ2n) is 6.80. The number of likely N-dealkylation sites (tertiary alicyclic amines) is 2. The highest BCUT2D eigenvalue weighted by Gasteiger charge is 2.36. The number of aliphatic hydroxyl groups excluding tert-OH is 1. The number of piperidine rings is 2. The molecule has 0 radical (unpaired) electrons. The molecule has 3 rings (SSSR count). The zero-order valence-electron chi connectivity index (χ0n) is 13.8. The highest BCUT2D eigenvalue weighted by molar-refractivity contribution is 6.30. The molecule has 24 heavy (non-hydrogen) atoms. The molecular weight excluding hydrogens is 328 g/mol. The third-order valence-electron chi connectivity index (χ3n) is 5.37. The van der Waals surface area contributed by atoms with Gasteiger partial charge in [-0.25, -0.2) is 4.79 Å². The van der Waals surface area contributed by atoms with Gasteiger partial charge in [0.1, 0.15) is 0 Å². The van der Waals surface area contributed by atoms with Crippen molar-refractivity contribution in [1.82, 2.24) is 9.80 Å². The molecule has 1 aromatic carbocycles. The van der Waals surface area contributed by atoms with Crippen LogP contribution >= 0.6 is 11.6 Å². The predicted molar refractivity (Wildman–Crippen MR) is 93.4 cm³/mol. The minimum atomic E-state index is -0.829. The van der Waals surface area contributed by atoms with Crippen molar-refractivity contribution in [2.24, 2.45) is 0 Å². The Labute approximate surface area is 147 Å². The standard InChI is InChI=1S/C18H25ClN2O3/c19-14-6-4-13(5-7-14)17(22)16-3-1-2-10-21(16)15-8-11-20(12-9-15)18(23)24/h4-7,15-17,22H,1-3,8-12H2,(H,23,24). The number of amides is 1. The number of halogens is 1. The summed E-state index contributed by atoms with van der Waals surface area (Å²) in [7, 11) is 0. The largest absolute Gasteiger partial charge is 0.465 e. The first-order valence-corrected chi connectivity index (χ1v) is 9.11. The topological polar surface area (TPSA) is 64.0 Å². The minimum Gasteiger partial charge on any atom is -0.465 e. The predicted octanol–water partition coefficient (Wildman–Crippen LogP) is 3.37. The molecule has 1 aromatic rings. The molecule has 2 heterocycles. The number of rotatable bonds is 3. The van der Waals surface area contributed by atoms with Crippen molar-refractivity contribution in [3.8, 4) is 0 Å². The normalized spacial score (nSPS) is 24.8. The van der Waals surface area contributed by atoms with Crippen molar-refractivity contribution in [3.05, 3.63) is 34.9 Å². The lowest BCUT2D eigenvalue weighted by Gasteiger charge is -2.45. The molecule has 0 aliphatic carbocycles. The van der Waals surface area contributed by atoms with Gasteiger partial charge in [0, 0.05) is 30.2 Å². The highest BCUT2D eigenvalue weighted by atomic mass is 35.5. The first-order chi connectivity index (χ1) is 11.6. The molecule has 2 aliphatic heterocycles. The Bertz CT molecular complexity index is 558. The summed E-state index contributed by atoms with van der Waals surface area (Å²) in [5.74, 6) is 0. The van der Waals surface area contributed by atoms with Gasteiger partial charge in [-0.1, -0.05) is 30.2 Å². The van der Waals surface area contributed by atoms with Crippen LogP contribution in [0.15, 0.2) is 24.3 Å². The molecule has 2 aliphatic rings. The van der Waals surface area contributed by atoms with E-state index >= 15 is 0 Å². The summed E-state index contributed by atoms with van der Waals surface area (Å²) in [6.45, 7) is 2.15. The van der Waals surface area contributed by atoms with Gasteiger partial charge in [0.05, 0.1) is 6.10 Å². The molecule has 132 valence electrons. The van der Waals surface area contributed by atoms with Crippen LogP contribution < -0.4 is 0 Å². The van der Waals surface area contributed by atoms with Crippen LogP contribution in [-0.4, -0.2) is 57.8 Å². The molecule has 0 saturated carbocycles. The van der Waals surface area contributed by atoms with Crippen molar-refractivity contribution in [3.63, 3.8) is 0 Å². The van der Waals surface area contributed by atoms with Gasteiger partial charge in [-0.15, -0.1) is 0 Å². The zero-order chi connectivity index (χ0) is 17.1. The van der Waals surface area contributed by atoms with Crippen LogP contribution in [0.3, 0.4) is 0 Å². The Hall–Kier alpha value is -1.30. The van der Waals surface area contributed by atoms with Crippen molar-refractivity contribution < 1.29 is 15.0 Å². The van der Waals surface area contributed by atoms with Gasteiger partial charge in [-0.05, 0) is 49.9 Å². The monoisotopic (exact) mass is 352 g/mol. The van der Waals surface area contributed by atoms with E-state index in [2.05, 4.69) is 4.90 Å². The number of hydrogen-bond donors (Lipinski definition) is 2. The quantitative estimate of drug-likeness (QED) is 0.875. The number of carboxylic acid groups (broad SMARTS) is 1. The number of carbonyl (C=O) groups is 1. The van der Waals surface area contributed by atoms with E-state index in [1.54, 1.807) is 0 Å². The number of benzene rings is 1. The molecule has 5 nitrogen and oxygen atoms in total. The molecule has 2 unspecified atom stereocenters. The van der Waals surface area contributed by atoms with E-state index in [1.165, 1.54) is 4.90 Å². The summed E-state index contributed by atoms with van der Waals surface area (Å²) in [5, 5.41) is 20.7. The lowest BCUT2D eigenvalue weighted by molar-refractivity contribution is -0.0158. The van der Waals surface area contributed by atoms with Crippen LogP contribution in [0.1, 0.15) is 43.8 Å². The lowest BCUT2D eigenvalue weighted by Crippen LogP contribution is -2.53. The summed E-state index contributed by atoms with van der Waals surface area (Å²) in [6.07, 6.45) is 3.57. The number of aliphatic hydroxyl groups is 1. The van der Waals surface area contributed by atoms with Crippen LogP contribution in [-0.2, 0) is 0 Å². The van der Waals surface area contributed by atoms with Gasteiger partial charge >= 0.3 is 6.09 Å². The van der Waals surface area contributed by atoms with E-state index in [1.807, 2.05) is 24.3 Å². The van der Waals surface area contributed by atoms with Gasteiger partial charge in [0.2, 0.25) is 0 Å². The summed E-state index contributed by atoms with van der Waals surface area (Å²) < 4.78 is 0. The number of nitrogens with zero attached hydrogens (tertiary/aromatic N) is 2. The average Bonchev–Trinajstić information content (AvgIpc) is 2.62. The van der Waals surface area contributed by atoms with Crippen molar-refractivity contribution >= 4 is 17.7 Å². The van der Waals surface area contributed by atoms with Crippen molar-refractivity contribution in [1.29, 1.82) is 0 Å². The molecule has 0 bridgehead atoms. The Kier molecular flexibility index (Phi) is 5.64. The molecule has 2 atom stereocenters. The highest BCUT2D eigenvalue weighted by Crippen LogP contribution is 2.33. The fourth-order valence-corrected chi connectivity index (χ4v) is 4.17. The Balaban J connectivity index is 1.69. The maximum atomic E-state index is 11.1. The molecule has 2 N–H and O–H groups in total. The maximum Gasteiger partial charge on any atom is 0.407 e. The van der Waals surface area contributed by atoms with E-state index in [-0.39, 0.29) is 6.04 Å². The van der Waals surface area contributed by atoms with Crippen molar-refractivity contribution in [2.45, 2.75) is 50.3 Å². The van der Waals surface area contributed by atoms with Gasteiger partial charge in [0.25, 0.3) is 0 Å². The first kappa shape index (κ1) is 17.5. The zero-order valence-corrected chi connectivity index (χ0v) is 14.5. The van der Waals surface area contributed by atoms with E-state index in [0.717, 1.165) is 44.2 Å². The van der Waals surface area contributed by atoms with Crippen LogP contribution in [0.4, 0.5) is 4.79 Å². The Morgan fingerprint density at radius 2 is 1.75 bits per heavy atom. The third kappa shape index (κ3) is 3.85. The molecule has 1 amide bonds. The van der Waals surface area contributed by atoms with Crippen molar-refractivity contribution in [2.75, 3.05) is 19.6 Å². The minimum absolute atomic E-state index is 0.0984. The average molecular weight is 353 g/mol. The Morgan fingerprint density at radius 1 is 1.08 bits per heavy atom. The van der Waals surface area contributed by atoms with Gasteiger partial charge in [0.15, 0.2) is 0 Å². The van der Waals surface area contributed by atoms with Gasteiger partial charge in [-0.3, -0.25) is 4.90 Å². The van der Waals surface area contributed by atoms with Crippen LogP contribution in [0.5, 0.6) is 0 Å². The second kappa shape index (κ2) is 7.72. The van der Waals surface area contributed by atoms with Gasteiger partial charge in [-0.2, -0.15) is 0 Å². The van der Waals surface area contributed by atoms with E-state index in [0.29, 0.717) is 24.2 Å². The lowest BCUT2D eigenvalue weighted by atomic mass is 9.89.